The van der Waals surface area contributed by atoms with E-state index in [4.69, 9.17) is 4.98 Å². The summed E-state index contributed by atoms with van der Waals surface area (Å²) in [6.07, 6.45) is 2.29. The molecule has 9 aromatic rings. The first-order valence-electron chi connectivity index (χ1n) is 19.3. The Balaban J connectivity index is 1.02. The number of benzene rings is 8. The van der Waals surface area contributed by atoms with E-state index in [0.29, 0.717) is 0 Å². The first kappa shape index (κ1) is 33.5. The van der Waals surface area contributed by atoms with E-state index in [-0.39, 0.29) is 12.2 Å². The maximum absolute atomic E-state index is 5.43. The fourth-order valence-electron chi connectivity index (χ4n) is 8.09. The molecule has 56 heavy (non-hydrogen) atoms. The van der Waals surface area contributed by atoms with Crippen LogP contribution in [0.25, 0.3) is 72.0 Å². The van der Waals surface area contributed by atoms with Gasteiger partial charge in [0.05, 0.1) is 17.3 Å². The van der Waals surface area contributed by atoms with Gasteiger partial charge < -0.3 is 5.32 Å². The smallest absolute Gasteiger partial charge is 0.104 e. The molecule has 2 N–H and O–H groups in total. The number of pyridine rings is 1. The van der Waals surface area contributed by atoms with Crippen molar-refractivity contribution in [3.05, 3.63) is 229 Å². The first-order valence-corrected chi connectivity index (χ1v) is 19.3. The lowest BCUT2D eigenvalue weighted by Gasteiger charge is -2.33. The van der Waals surface area contributed by atoms with E-state index < -0.39 is 0 Å². The third-order valence-electron chi connectivity index (χ3n) is 11.0. The van der Waals surface area contributed by atoms with Crippen molar-refractivity contribution in [3.63, 3.8) is 0 Å². The maximum Gasteiger partial charge on any atom is 0.104 e. The Labute approximate surface area is 327 Å². The van der Waals surface area contributed by atoms with Crippen LogP contribution in [0.5, 0.6) is 0 Å². The van der Waals surface area contributed by atoms with Gasteiger partial charge in [-0.15, -0.1) is 0 Å². The summed E-state index contributed by atoms with van der Waals surface area (Å²) >= 11 is 0. The van der Waals surface area contributed by atoms with Crippen molar-refractivity contribution in [2.75, 3.05) is 0 Å². The number of nitrogens with one attached hydrogen (secondary N) is 2. The third-order valence-corrected chi connectivity index (χ3v) is 11.0. The topological polar surface area (TPSA) is 37.0 Å². The van der Waals surface area contributed by atoms with Crippen molar-refractivity contribution >= 4 is 27.4 Å². The molecular weight excluding hydrogens is 679 g/mol. The van der Waals surface area contributed by atoms with Gasteiger partial charge in [-0.05, 0) is 73.5 Å². The minimum absolute atomic E-state index is 0.0122. The van der Waals surface area contributed by atoms with Crippen LogP contribution < -0.4 is 10.6 Å². The van der Waals surface area contributed by atoms with Gasteiger partial charge >= 0.3 is 0 Å². The average molecular weight is 718 g/mol. The second-order valence-electron chi connectivity index (χ2n) is 14.4. The molecule has 3 heteroatoms. The quantitative estimate of drug-likeness (QED) is 0.161. The number of nitrogens with zero attached hydrogens (tertiary/aromatic N) is 1. The van der Waals surface area contributed by atoms with Crippen molar-refractivity contribution in [2.45, 2.75) is 12.2 Å². The van der Waals surface area contributed by atoms with Crippen LogP contribution in [0.15, 0.2) is 212 Å². The predicted molar refractivity (Wildman–Crippen MR) is 234 cm³/mol. The van der Waals surface area contributed by atoms with Crippen molar-refractivity contribution in [1.82, 2.24) is 15.6 Å². The molecule has 0 saturated heterocycles. The van der Waals surface area contributed by atoms with Crippen LogP contribution in [-0.2, 0) is 0 Å². The van der Waals surface area contributed by atoms with Crippen LogP contribution in [0.2, 0.25) is 0 Å². The Morgan fingerprint density at radius 2 is 0.946 bits per heavy atom. The standard InChI is InChI=1S/C53H39N3/c1-5-15-38(16-6-1)46-34-48(40-17-7-2-8-18-40)54-52-47(33-44-23-13-14-24-45(44)51(46)52)39-29-25-36(26-30-39)37-27-31-42(32-28-37)50-35-49(41-19-9-3-10-20-41)55-53(56-50)43-21-11-4-12-22-43/h1-35,50,53,55-56H. The monoisotopic (exact) mass is 717 g/mol. The van der Waals surface area contributed by atoms with Gasteiger partial charge in [-0.2, -0.15) is 0 Å². The highest BCUT2D eigenvalue weighted by Crippen LogP contribution is 2.42. The zero-order valence-electron chi connectivity index (χ0n) is 30.8. The molecule has 8 aromatic carbocycles. The fourth-order valence-corrected chi connectivity index (χ4v) is 8.09. The molecule has 266 valence electrons. The second kappa shape index (κ2) is 14.6. The number of rotatable bonds is 7. The molecule has 2 heterocycles. The van der Waals surface area contributed by atoms with E-state index in [0.717, 1.165) is 33.6 Å². The molecule has 0 saturated carbocycles. The van der Waals surface area contributed by atoms with Gasteiger partial charge in [-0.3, -0.25) is 5.32 Å². The number of aromatic nitrogens is 1. The van der Waals surface area contributed by atoms with Gasteiger partial charge in [0.15, 0.2) is 0 Å². The molecule has 3 nitrogen and oxygen atoms in total. The largest absolute Gasteiger partial charge is 0.366 e. The summed E-state index contributed by atoms with van der Waals surface area (Å²) in [4.78, 5) is 5.43. The Kier molecular flexibility index (Phi) is 8.75. The number of hydrogen-bond acceptors (Lipinski definition) is 3. The van der Waals surface area contributed by atoms with Crippen LogP contribution in [0.4, 0.5) is 0 Å². The first-order chi connectivity index (χ1) is 27.7. The van der Waals surface area contributed by atoms with Crippen molar-refractivity contribution in [1.29, 1.82) is 0 Å². The Hall–Kier alpha value is -7.07. The minimum atomic E-state index is -0.0122. The van der Waals surface area contributed by atoms with Gasteiger partial charge in [0.1, 0.15) is 6.17 Å². The predicted octanol–water partition coefficient (Wildman–Crippen LogP) is 13.0. The highest BCUT2D eigenvalue weighted by Gasteiger charge is 2.24. The van der Waals surface area contributed by atoms with Gasteiger partial charge in [0, 0.05) is 22.2 Å². The molecule has 0 amide bonds. The Bertz CT molecular complexity index is 2810. The van der Waals surface area contributed by atoms with Crippen LogP contribution in [-0.4, -0.2) is 4.98 Å². The molecule has 10 rings (SSSR count). The van der Waals surface area contributed by atoms with Crippen molar-refractivity contribution < 1.29 is 0 Å². The molecule has 2 unspecified atom stereocenters. The lowest BCUT2D eigenvalue weighted by molar-refractivity contribution is 0.442. The van der Waals surface area contributed by atoms with Crippen LogP contribution in [0.3, 0.4) is 0 Å². The third kappa shape index (κ3) is 6.45. The molecule has 1 aliphatic heterocycles. The molecule has 1 aromatic heterocycles. The lowest BCUT2D eigenvalue weighted by Crippen LogP contribution is -2.39. The highest BCUT2D eigenvalue weighted by atomic mass is 15.2. The van der Waals surface area contributed by atoms with E-state index in [9.17, 15) is 0 Å². The van der Waals surface area contributed by atoms with Gasteiger partial charge in [0.2, 0.25) is 0 Å². The van der Waals surface area contributed by atoms with Crippen molar-refractivity contribution in [3.8, 4) is 44.6 Å². The molecule has 0 aliphatic carbocycles. The zero-order valence-corrected chi connectivity index (χ0v) is 30.8. The number of fused-ring (bicyclic) bond motifs is 3. The molecule has 1 aliphatic rings. The second-order valence-corrected chi connectivity index (χ2v) is 14.4. The van der Waals surface area contributed by atoms with E-state index >= 15 is 0 Å². The van der Waals surface area contributed by atoms with Crippen LogP contribution in [0, 0.1) is 0 Å². The maximum atomic E-state index is 5.43. The normalized spacial score (nSPS) is 15.3. The van der Waals surface area contributed by atoms with Gasteiger partial charge in [-0.25, -0.2) is 4.98 Å². The summed E-state index contributed by atoms with van der Waals surface area (Å²) in [7, 11) is 0. The molecule has 0 radical (unpaired) electrons. The fraction of sp³-hybridized carbons (Fsp3) is 0.0377. The molecule has 0 bridgehead atoms. The van der Waals surface area contributed by atoms with Gasteiger partial charge in [-0.1, -0.05) is 194 Å². The molecule has 2 atom stereocenters. The highest BCUT2D eigenvalue weighted by molar-refractivity contribution is 6.18. The summed E-state index contributed by atoms with van der Waals surface area (Å²) in [5, 5.41) is 11.1. The molecule has 0 fully saturated rings. The SMILES string of the molecule is C1=C(c2ccccc2)NC(c2ccccc2)NC1c1ccc(-c2ccc(-c3cc4ccccc4c4c(-c5ccccc5)cc(-c5ccccc5)nc34)cc2)cc1. The lowest BCUT2D eigenvalue weighted by atomic mass is 9.90. The summed E-state index contributed by atoms with van der Waals surface area (Å²) in [6.45, 7) is 0. The minimum Gasteiger partial charge on any atom is -0.366 e. The summed E-state index contributed by atoms with van der Waals surface area (Å²) in [5.41, 5.74) is 14.8. The van der Waals surface area contributed by atoms with E-state index in [1.54, 1.807) is 0 Å². The Morgan fingerprint density at radius 3 is 1.62 bits per heavy atom. The summed E-state index contributed by atoms with van der Waals surface area (Å²) in [6, 6.07) is 73.7. The van der Waals surface area contributed by atoms with E-state index in [1.165, 1.54) is 55.1 Å². The molecule has 0 spiro atoms. The summed E-state index contributed by atoms with van der Waals surface area (Å²) in [5.74, 6) is 0. The van der Waals surface area contributed by atoms with E-state index in [2.05, 4.69) is 223 Å². The Morgan fingerprint density at radius 1 is 0.411 bits per heavy atom. The van der Waals surface area contributed by atoms with Gasteiger partial charge in [0.25, 0.3) is 0 Å². The summed E-state index contributed by atoms with van der Waals surface area (Å²) < 4.78 is 0. The van der Waals surface area contributed by atoms with Crippen molar-refractivity contribution in [2.24, 2.45) is 0 Å². The number of hydrogen-bond donors (Lipinski definition) is 2. The van der Waals surface area contributed by atoms with Crippen LogP contribution >= 0.6 is 0 Å². The van der Waals surface area contributed by atoms with Crippen LogP contribution in [0.1, 0.15) is 28.9 Å². The van der Waals surface area contributed by atoms with E-state index in [1.807, 2.05) is 0 Å². The zero-order chi connectivity index (χ0) is 37.3. The average Bonchev–Trinajstić information content (AvgIpc) is 3.29. The molecular formula is C53H39N3.